The van der Waals surface area contributed by atoms with E-state index < -0.39 is 5.97 Å². The van der Waals surface area contributed by atoms with Crippen LogP contribution in [-0.4, -0.2) is 47.7 Å². The molecule has 2 fully saturated rings. The van der Waals surface area contributed by atoms with Gasteiger partial charge in [-0.25, -0.2) is 4.79 Å². The van der Waals surface area contributed by atoms with Crippen molar-refractivity contribution < 1.29 is 19.4 Å². The fourth-order valence-electron chi connectivity index (χ4n) is 2.83. The number of rotatable bonds is 5. The Bertz CT molecular complexity index is 615. The van der Waals surface area contributed by atoms with Crippen LogP contribution in [0.15, 0.2) is 22.7 Å². The zero-order valence-electron chi connectivity index (χ0n) is 12.8. The van der Waals surface area contributed by atoms with Crippen molar-refractivity contribution in [1.29, 1.82) is 0 Å². The molecule has 1 aliphatic heterocycles. The molecule has 23 heavy (non-hydrogen) atoms. The van der Waals surface area contributed by atoms with Crippen LogP contribution < -0.4 is 0 Å². The third-order valence-electron chi connectivity index (χ3n) is 4.32. The molecule has 1 aromatic carbocycles. The van der Waals surface area contributed by atoms with E-state index in [1.165, 1.54) is 25.0 Å². The van der Waals surface area contributed by atoms with Crippen LogP contribution in [0.1, 0.15) is 46.4 Å². The lowest BCUT2D eigenvalue weighted by Gasteiger charge is -2.33. The second-order valence-electron chi connectivity index (χ2n) is 6.33. The lowest BCUT2D eigenvalue weighted by molar-refractivity contribution is -0.00242. The zero-order valence-corrected chi connectivity index (χ0v) is 14.4. The van der Waals surface area contributed by atoms with Crippen molar-refractivity contribution in [1.82, 2.24) is 4.90 Å². The number of benzene rings is 1. The van der Waals surface area contributed by atoms with Crippen LogP contribution in [0.5, 0.6) is 0 Å². The number of aromatic carboxylic acids is 1. The van der Waals surface area contributed by atoms with Crippen LogP contribution in [0, 0.1) is 5.92 Å². The molecule has 1 heterocycles. The number of halogens is 1. The first-order valence-electron chi connectivity index (χ1n) is 7.97. The Labute approximate surface area is 143 Å². The van der Waals surface area contributed by atoms with E-state index in [2.05, 4.69) is 15.9 Å². The first kappa shape index (κ1) is 16.5. The van der Waals surface area contributed by atoms with Crippen LogP contribution in [-0.2, 0) is 4.74 Å². The van der Waals surface area contributed by atoms with Gasteiger partial charge in [0.05, 0.1) is 11.7 Å². The lowest BCUT2D eigenvalue weighted by atomic mass is 10.1. The van der Waals surface area contributed by atoms with E-state index in [0.717, 1.165) is 19.4 Å². The third-order valence-corrected chi connectivity index (χ3v) is 4.78. The number of carboxylic acid groups (broad SMARTS) is 1. The topological polar surface area (TPSA) is 66.8 Å². The average molecular weight is 382 g/mol. The summed E-state index contributed by atoms with van der Waals surface area (Å²) in [6, 6.07) is 4.60. The van der Waals surface area contributed by atoms with Gasteiger partial charge in [0.15, 0.2) is 0 Å². The van der Waals surface area contributed by atoms with Gasteiger partial charge in [0, 0.05) is 29.7 Å². The average Bonchev–Trinajstić information content (AvgIpc) is 3.36. The molecule has 1 amide bonds. The van der Waals surface area contributed by atoms with Crippen LogP contribution in [0.3, 0.4) is 0 Å². The molecule has 0 bridgehead atoms. The molecule has 124 valence electrons. The van der Waals surface area contributed by atoms with E-state index in [4.69, 9.17) is 9.84 Å². The summed E-state index contributed by atoms with van der Waals surface area (Å²) in [6.07, 6.45) is 4.51. The third kappa shape index (κ3) is 4.32. The van der Waals surface area contributed by atoms with Crippen molar-refractivity contribution in [2.45, 2.75) is 31.8 Å². The number of amides is 1. The summed E-state index contributed by atoms with van der Waals surface area (Å²) in [7, 11) is 0. The molecule has 2 aliphatic rings. The molecule has 3 rings (SSSR count). The Kier molecular flexibility index (Phi) is 5.02. The highest BCUT2D eigenvalue weighted by Gasteiger charge is 2.28. The SMILES string of the molecule is O=C(O)c1cc(Br)cc(C(=O)N2CCCC(OCC3CC3)C2)c1. The maximum absolute atomic E-state index is 12.7. The van der Waals surface area contributed by atoms with Gasteiger partial charge in [-0.15, -0.1) is 0 Å². The lowest BCUT2D eigenvalue weighted by Crippen LogP contribution is -2.43. The summed E-state index contributed by atoms with van der Waals surface area (Å²) < 4.78 is 6.51. The fraction of sp³-hybridized carbons (Fsp3) is 0.529. The smallest absolute Gasteiger partial charge is 0.335 e. The molecule has 1 N–H and O–H groups in total. The molecular weight excluding hydrogens is 362 g/mol. The predicted molar refractivity (Wildman–Crippen MR) is 88.7 cm³/mol. The minimum absolute atomic E-state index is 0.0967. The van der Waals surface area contributed by atoms with E-state index in [1.54, 1.807) is 11.0 Å². The van der Waals surface area contributed by atoms with Crippen LogP contribution in [0.2, 0.25) is 0 Å². The van der Waals surface area contributed by atoms with E-state index in [1.807, 2.05) is 0 Å². The number of piperidine rings is 1. The molecule has 1 atom stereocenters. The fourth-order valence-corrected chi connectivity index (χ4v) is 3.33. The zero-order chi connectivity index (χ0) is 16.4. The van der Waals surface area contributed by atoms with Gasteiger partial charge in [-0.1, -0.05) is 15.9 Å². The monoisotopic (exact) mass is 381 g/mol. The molecule has 1 aliphatic carbocycles. The quantitative estimate of drug-likeness (QED) is 0.850. The summed E-state index contributed by atoms with van der Waals surface area (Å²) in [6.45, 7) is 2.07. The minimum atomic E-state index is -1.04. The molecule has 5 nitrogen and oxygen atoms in total. The van der Waals surface area contributed by atoms with Gasteiger partial charge in [0.1, 0.15) is 0 Å². The number of carbonyl (C=O) groups excluding carboxylic acids is 1. The molecule has 1 saturated carbocycles. The maximum Gasteiger partial charge on any atom is 0.335 e. The highest BCUT2D eigenvalue weighted by molar-refractivity contribution is 9.10. The van der Waals surface area contributed by atoms with Gasteiger partial charge in [-0.3, -0.25) is 4.79 Å². The van der Waals surface area contributed by atoms with E-state index >= 15 is 0 Å². The second kappa shape index (κ2) is 7.01. The Balaban J connectivity index is 1.67. The molecule has 0 radical (unpaired) electrons. The largest absolute Gasteiger partial charge is 0.478 e. The Hall–Kier alpha value is -1.40. The number of carboxylic acids is 1. The number of hydrogen-bond donors (Lipinski definition) is 1. The summed E-state index contributed by atoms with van der Waals surface area (Å²) in [4.78, 5) is 25.6. The first-order valence-corrected chi connectivity index (χ1v) is 8.77. The molecular formula is C17H20BrNO4. The standard InChI is InChI=1S/C17H20BrNO4/c18-14-7-12(6-13(8-14)17(21)22)16(20)19-5-1-2-15(9-19)23-10-11-3-4-11/h6-8,11,15H,1-5,9-10H2,(H,21,22). The minimum Gasteiger partial charge on any atom is -0.478 e. The number of nitrogens with zero attached hydrogens (tertiary/aromatic N) is 1. The van der Waals surface area contributed by atoms with Crippen molar-refractivity contribution in [2.24, 2.45) is 5.92 Å². The molecule has 1 saturated heterocycles. The van der Waals surface area contributed by atoms with Crippen molar-refractivity contribution in [3.8, 4) is 0 Å². The number of ether oxygens (including phenoxy) is 1. The highest BCUT2D eigenvalue weighted by atomic mass is 79.9. The van der Waals surface area contributed by atoms with Crippen molar-refractivity contribution >= 4 is 27.8 Å². The van der Waals surface area contributed by atoms with Gasteiger partial charge in [0.2, 0.25) is 0 Å². The number of hydrogen-bond acceptors (Lipinski definition) is 3. The molecule has 1 unspecified atom stereocenters. The summed E-state index contributed by atoms with van der Waals surface area (Å²) in [5.41, 5.74) is 0.515. The van der Waals surface area contributed by atoms with Gasteiger partial charge in [-0.05, 0) is 49.8 Å². The van der Waals surface area contributed by atoms with Crippen molar-refractivity contribution in [3.63, 3.8) is 0 Å². The summed E-state index contributed by atoms with van der Waals surface area (Å²) in [5.74, 6) is -0.456. The highest BCUT2D eigenvalue weighted by Crippen LogP contribution is 2.30. The van der Waals surface area contributed by atoms with Gasteiger partial charge in [0.25, 0.3) is 5.91 Å². The van der Waals surface area contributed by atoms with E-state index in [0.29, 0.717) is 29.0 Å². The molecule has 6 heteroatoms. The molecule has 0 aromatic heterocycles. The Morgan fingerprint density at radius 2 is 1.96 bits per heavy atom. The predicted octanol–water partition coefficient (Wildman–Crippen LogP) is 3.18. The van der Waals surface area contributed by atoms with Crippen molar-refractivity contribution in [2.75, 3.05) is 19.7 Å². The summed E-state index contributed by atoms with van der Waals surface area (Å²) >= 11 is 3.27. The van der Waals surface area contributed by atoms with Gasteiger partial charge < -0.3 is 14.7 Å². The first-order chi connectivity index (χ1) is 11.0. The van der Waals surface area contributed by atoms with Crippen LogP contribution in [0.4, 0.5) is 0 Å². The van der Waals surface area contributed by atoms with Crippen LogP contribution >= 0.6 is 15.9 Å². The summed E-state index contributed by atoms with van der Waals surface area (Å²) in [5, 5.41) is 9.13. The van der Waals surface area contributed by atoms with Crippen LogP contribution in [0.25, 0.3) is 0 Å². The molecule has 0 spiro atoms. The normalized spacial score (nSPS) is 21.3. The number of carbonyl (C=O) groups is 2. The molecule has 1 aromatic rings. The van der Waals surface area contributed by atoms with E-state index in [-0.39, 0.29) is 17.6 Å². The van der Waals surface area contributed by atoms with Gasteiger partial charge in [-0.2, -0.15) is 0 Å². The van der Waals surface area contributed by atoms with Crippen molar-refractivity contribution in [3.05, 3.63) is 33.8 Å². The second-order valence-corrected chi connectivity index (χ2v) is 7.24. The maximum atomic E-state index is 12.7. The number of likely N-dealkylation sites (tertiary alicyclic amines) is 1. The Morgan fingerprint density at radius 3 is 2.65 bits per heavy atom. The van der Waals surface area contributed by atoms with E-state index in [9.17, 15) is 9.59 Å². The Morgan fingerprint density at radius 1 is 1.22 bits per heavy atom. The van der Waals surface area contributed by atoms with Gasteiger partial charge >= 0.3 is 5.97 Å².